The minimum Gasteiger partial charge on any atom is -0.382 e. The molecule has 1 aliphatic heterocycles. The van der Waals surface area contributed by atoms with E-state index in [1.54, 1.807) is 0 Å². The van der Waals surface area contributed by atoms with E-state index in [4.69, 9.17) is 34.8 Å². The van der Waals surface area contributed by atoms with Gasteiger partial charge in [-0.05, 0) is 60.9 Å². The van der Waals surface area contributed by atoms with Crippen LogP contribution in [-0.2, 0) is 0 Å². The minimum atomic E-state index is 0.200. The lowest BCUT2D eigenvalue weighted by molar-refractivity contribution is 0.438. The smallest absolute Gasteiger partial charge is 0.0654 e. The number of piperidine rings is 1. The fourth-order valence-corrected chi connectivity index (χ4v) is 4.51. The molecule has 0 radical (unpaired) electrons. The van der Waals surface area contributed by atoms with Gasteiger partial charge in [0.25, 0.3) is 0 Å². The highest BCUT2D eigenvalue weighted by atomic mass is 35.5. The van der Waals surface area contributed by atoms with Crippen molar-refractivity contribution in [2.24, 2.45) is 0 Å². The molecule has 144 valence electrons. The van der Waals surface area contributed by atoms with Crippen LogP contribution in [0.2, 0.25) is 15.1 Å². The van der Waals surface area contributed by atoms with Gasteiger partial charge in [-0.2, -0.15) is 0 Å². The van der Waals surface area contributed by atoms with Crippen LogP contribution in [0.15, 0.2) is 72.8 Å². The molecule has 0 saturated carbocycles. The molecule has 2 unspecified atom stereocenters. The molecule has 3 aromatic carbocycles. The second-order valence-electron chi connectivity index (χ2n) is 7.09. The molecule has 1 saturated heterocycles. The van der Waals surface area contributed by atoms with Gasteiger partial charge in [0.1, 0.15) is 0 Å². The minimum absolute atomic E-state index is 0.200. The standard InChI is InChI=1S/C23H21Cl3N2/c24-17-8-6-16(7-9-17)23-15-20(27-19-4-2-1-3-5-19)12-13-28(23)22-11-10-18(25)14-21(22)26/h1-11,14,20,23,27H,12-13,15H2. The van der Waals surface area contributed by atoms with Crippen LogP contribution in [0.25, 0.3) is 0 Å². The number of rotatable bonds is 4. The first-order valence-electron chi connectivity index (χ1n) is 9.39. The Morgan fingerprint density at radius 1 is 0.821 bits per heavy atom. The zero-order valence-corrected chi connectivity index (χ0v) is 17.6. The molecule has 0 amide bonds. The largest absolute Gasteiger partial charge is 0.382 e. The van der Waals surface area contributed by atoms with Gasteiger partial charge in [0.2, 0.25) is 0 Å². The topological polar surface area (TPSA) is 15.3 Å². The maximum absolute atomic E-state index is 6.54. The molecule has 4 rings (SSSR count). The fourth-order valence-electron chi connectivity index (χ4n) is 3.87. The first kappa shape index (κ1) is 19.4. The van der Waals surface area contributed by atoms with Gasteiger partial charge in [0, 0.05) is 28.3 Å². The molecule has 3 aromatic rings. The lowest BCUT2D eigenvalue weighted by Crippen LogP contribution is -2.41. The molecular weight excluding hydrogens is 411 g/mol. The average molecular weight is 432 g/mol. The molecule has 5 heteroatoms. The van der Waals surface area contributed by atoms with Crippen molar-refractivity contribution in [3.63, 3.8) is 0 Å². The summed E-state index contributed by atoms with van der Waals surface area (Å²) in [6.45, 7) is 0.902. The third-order valence-corrected chi connectivity index (χ3v) is 6.01. The van der Waals surface area contributed by atoms with E-state index in [-0.39, 0.29) is 6.04 Å². The summed E-state index contributed by atoms with van der Waals surface area (Å²) in [5.74, 6) is 0. The normalized spacial score (nSPS) is 19.5. The molecular formula is C23H21Cl3N2. The molecule has 0 aromatic heterocycles. The van der Waals surface area contributed by atoms with Gasteiger partial charge in [-0.1, -0.05) is 65.1 Å². The fraction of sp³-hybridized carbons (Fsp3) is 0.217. The van der Waals surface area contributed by atoms with Crippen LogP contribution in [-0.4, -0.2) is 12.6 Å². The number of hydrogen-bond acceptors (Lipinski definition) is 2. The van der Waals surface area contributed by atoms with Gasteiger partial charge >= 0.3 is 0 Å². The Kier molecular flexibility index (Phi) is 6.01. The van der Waals surface area contributed by atoms with Crippen LogP contribution in [0.3, 0.4) is 0 Å². The van der Waals surface area contributed by atoms with E-state index in [1.165, 1.54) is 5.56 Å². The summed E-state index contributed by atoms with van der Waals surface area (Å²) in [5.41, 5.74) is 3.40. The molecule has 28 heavy (non-hydrogen) atoms. The Bertz CT molecular complexity index is 928. The van der Waals surface area contributed by atoms with Gasteiger partial charge in [0.15, 0.2) is 0 Å². The Balaban J connectivity index is 1.63. The van der Waals surface area contributed by atoms with Gasteiger partial charge in [-0.15, -0.1) is 0 Å². The van der Waals surface area contributed by atoms with Crippen LogP contribution in [0.1, 0.15) is 24.4 Å². The van der Waals surface area contributed by atoms with Crippen LogP contribution in [0, 0.1) is 0 Å². The number of nitrogens with one attached hydrogen (secondary N) is 1. The maximum Gasteiger partial charge on any atom is 0.0654 e. The molecule has 1 heterocycles. The van der Waals surface area contributed by atoms with Crippen molar-refractivity contribution >= 4 is 46.2 Å². The lowest BCUT2D eigenvalue weighted by Gasteiger charge is -2.42. The van der Waals surface area contributed by atoms with Crippen molar-refractivity contribution in [1.82, 2.24) is 0 Å². The SMILES string of the molecule is Clc1ccc(C2CC(Nc3ccccc3)CCN2c2ccc(Cl)cc2Cl)cc1. The number of para-hydroxylation sites is 1. The van der Waals surface area contributed by atoms with Crippen molar-refractivity contribution in [3.8, 4) is 0 Å². The number of benzene rings is 3. The van der Waals surface area contributed by atoms with E-state index in [1.807, 2.05) is 36.4 Å². The second kappa shape index (κ2) is 8.65. The summed E-state index contributed by atoms with van der Waals surface area (Å²) < 4.78 is 0. The number of halogens is 3. The molecule has 1 fully saturated rings. The average Bonchev–Trinajstić information content (AvgIpc) is 2.70. The number of nitrogens with zero attached hydrogens (tertiary/aromatic N) is 1. The predicted octanol–water partition coefficient (Wildman–Crippen LogP) is 7.47. The van der Waals surface area contributed by atoms with Crippen molar-refractivity contribution in [2.75, 3.05) is 16.8 Å². The van der Waals surface area contributed by atoms with Gasteiger partial charge in [-0.25, -0.2) is 0 Å². The second-order valence-corrected chi connectivity index (χ2v) is 8.37. The Labute approximate surface area is 181 Å². The van der Waals surface area contributed by atoms with Crippen molar-refractivity contribution in [3.05, 3.63) is 93.4 Å². The van der Waals surface area contributed by atoms with E-state index in [2.05, 4.69) is 46.6 Å². The van der Waals surface area contributed by atoms with Crippen LogP contribution < -0.4 is 10.2 Å². The highest BCUT2D eigenvalue weighted by Gasteiger charge is 2.31. The van der Waals surface area contributed by atoms with Gasteiger partial charge < -0.3 is 10.2 Å². The molecule has 1 aliphatic rings. The zero-order chi connectivity index (χ0) is 19.5. The Morgan fingerprint density at radius 3 is 2.25 bits per heavy atom. The highest BCUT2D eigenvalue weighted by molar-refractivity contribution is 6.36. The van der Waals surface area contributed by atoms with Crippen LogP contribution in [0.4, 0.5) is 11.4 Å². The molecule has 0 spiro atoms. The first-order valence-corrected chi connectivity index (χ1v) is 10.5. The molecule has 0 aliphatic carbocycles. The summed E-state index contributed by atoms with van der Waals surface area (Å²) in [6, 6.07) is 24.8. The van der Waals surface area contributed by atoms with Crippen molar-refractivity contribution < 1.29 is 0 Å². The Hall–Kier alpha value is -1.87. The third-order valence-electron chi connectivity index (χ3n) is 5.22. The molecule has 2 nitrogen and oxygen atoms in total. The molecule has 0 bridgehead atoms. The van der Waals surface area contributed by atoms with Crippen molar-refractivity contribution in [2.45, 2.75) is 24.9 Å². The number of hydrogen-bond donors (Lipinski definition) is 1. The molecule has 2 atom stereocenters. The summed E-state index contributed by atoms with van der Waals surface area (Å²) in [7, 11) is 0. The summed E-state index contributed by atoms with van der Waals surface area (Å²) in [6.07, 6.45) is 1.99. The summed E-state index contributed by atoms with van der Waals surface area (Å²) >= 11 is 18.8. The lowest BCUT2D eigenvalue weighted by atomic mass is 9.91. The number of anilines is 2. The van der Waals surface area contributed by atoms with Gasteiger partial charge in [-0.3, -0.25) is 0 Å². The third kappa shape index (κ3) is 4.41. The first-order chi connectivity index (χ1) is 13.6. The summed E-state index contributed by atoms with van der Waals surface area (Å²) in [4.78, 5) is 2.38. The highest BCUT2D eigenvalue weighted by Crippen LogP contribution is 2.40. The van der Waals surface area contributed by atoms with E-state index >= 15 is 0 Å². The zero-order valence-electron chi connectivity index (χ0n) is 15.3. The monoisotopic (exact) mass is 430 g/mol. The maximum atomic E-state index is 6.54. The van der Waals surface area contributed by atoms with E-state index < -0.39 is 0 Å². The van der Waals surface area contributed by atoms with Crippen LogP contribution >= 0.6 is 34.8 Å². The van der Waals surface area contributed by atoms with Crippen LogP contribution in [0.5, 0.6) is 0 Å². The predicted molar refractivity (Wildman–Crippen MR) is 121 cm³/mol. The molecule has 1 N–H and O–H groups in total. The van der Waals surface area contributed by atoms with Gasteiger partial charge in [0.05, 0.1) is 16.8 Å². The van der Waals surface area contributed by atoms with E-state index in [0.717, 1.165) is 35.8 Å². The van der Waals surface area contributed by atoms with Crippen molar-refractivity contribution in [1.29, 1.82) is 0 Å². The van der Waals surface area contributed by atoms with E-state index in [9.17, 15) is 0 Å². The van der Waals surface area contributed by atoms with E-state index in [0.29, 0.717) is 16.1 Å². The quantitative estimate of drug-likeness (QED) is 0.461. The Morgan fingerprint density at radius 2 is 1.54 bits per heavy atom. The summed E-state index contributed by atoms with van der Waals surface area (Å²) in [5, 5.41) is 5.76.